The average molecular weight is 300 g/mol. The van der Waals surface area contributed by atoms with Gasteiger partial charge in [-0.15, -0.1) is 0 Å². The molecular weight excluding hydrogens is 281 g/mol. The molecule has 2 nitrogen and oxygen atoms in total. The lowest BCUT2D eigenvalue weighted by atomic mass is 10.1. The standard InChI is InChI=1S/C8H7F3O.C7H8O.CH4/c9-8(10,11)7(12)6-4-2-1-3-5-6;8-6-7-4-2-1-3-5-7;/h1-5,7,12H;1-5,8H,6H2;1H4. The van der Waals surface area contributed by atoms with Gasteiger partial charge in [0, 0.05) is 0 Å². The first-order valence-corrected chi connectivity index (χ1v) is 5.89. The van der Waals surface area contributed by atoms with Crippen molar-refractivity contribution in [1.82, 2.24) is 0 Å². The molecule has 0 aliphatic carbocycles. The van der Waals surface area contributed by atoms with Crippen LogP contribution in [0.2, 0.25) is 0 Å². The Morgan fingerprint density at radius 2 is 1.29 bits per heavy atom. The number of hydrogen-bond donors (Lipinski definition) is 2. The van der Waals surface area contributed by atoms with E-state index in [2.05, 4.69) is 0 Å². The van der Waals surface area contributed by atoms with E-state index in [-0.39, 0.29) is 19.6 Å². The third kappa shape index (κ3) is 6.92. The van der Waals surface area contributed by atoms with E-state index in [1.165, 1.54) is 24.3 Å². The Labute approximate surface area is 122 Å². The molecule has 0 saturated heterocycles. The zero-order valence-corrected chi connectivity index (χ0v) is 10.6. The van der Waals surface area contributed by atoms with Gasteiger partial charge in [0.2, 0.25) is 0 Å². The molecule has 1 atom stereocenters. The highest BCUT2D eigenvalue weighted by Gasteiger charge is 2.39. The second-order valence-corrected chi connectivity index (χ2v) is 4.00. The van der Waals surface area contributed by atoms with Crippen LogP contribution in [0, 0.1) is 0 Å². The lowest BCUT2D eigenvalue weighted by Crippen LogP contribution is -2.19. The van der Waals surface area contributed by atoms with E-state index >= 15 is 0 Å². The molecule has 0 aromatic heterocycles. The Kier molecular flexibility index (Phi) is 8.35. The van der Waals surface area contributed by atoms with Crippen LogP contribution < -0.4 is 0 Å². The maximum atomic E-state index is 11.9. The summed E-state index contributed by atoms with van der Waals surface area (Å²) >= 11 is 0. The average Bonchev–Trinajstić information content (AvgIpc) is 2.48. The Morgan fingerprint density at radius 3 is 1.62 bits per heavy atom. The summed E-state index contributed by atoms with van der Waals surface area (Å²) in [6, 6.07) is 16.5. The molecule has 0 heterocycles. The Balaban J connectivity index is 0.000000390. The van der Waals surface area contributed by atoms with Crippen molar-refractivity contribution in [2.45, 2.75) is 26.3 Å². The van der Waals surface area contributed by atoms with Crippen LogP contribution in [-0.2, 0) is 6.61 Å². The van der Waals surface area contributed by atoms with Crippen molar-refractivity contribution in [3.63, 3.8) is 0 Å². The zero-order chi connectivity index (χ0) is 15.0. The second-order valence-electron chi connectivity index (χ2n) is 4.00. The van der Waals surface area contributed by atoms with Crippen molar-refractivity contribution < 1.29 is 23.4 Å². The number of aliphatic hydroxyl groups is 2. The van der Waals surface area contributed by atoms with E-state index in [1.807, 2.05) is 30.3 Å². The predicted octanol–water partition coefficient (Wildman–Crippen LogP) is 4.10. The van der Waals surface area contributed by atoms with Gasteiger partial charge in [-0.2, -0.15) is 13.2 Å². The van der Waals surface area contributed by atoms with Crippen molar-refractivity contribution >= 4 is 0 Å². The van der Waals surface area contributed by atoms with E-state index in [1.54, 1.807) is 6.07 Å². The molecule has 0 fully saturated rings. The highest BCUT2D eigenvalue weighted by Crippen LogP contribution is 2.31. The lowest BCUT2D eigenvalue weighted by Gasteiger charge is -2.13. The number of alkyl halides is 3. The van der Waals surface area contributed by atoms with Gasteiger partial charge >= 0.3 is 6.18 Å². The summed E-state index contributed by atoms with van der Waals surface area (Å²) in [5.41, 5.74) is 0.831. The number of hydrogen-bond acceptors (Lipinski definition) is 2. The molecule has 116 valence electrons. The minimum absolute atomic E-state index is 0. The van der Waals surface area contributed by atoms with Crippen LogP contribution in [0.25, 0.3) is 0 Å². The summed E-state index contributed by atoms with van der Waals surface area (Å²) in [6.07, 6.45) is -6.96. The maximum Gasteiger partial charge on any atom is 0.418 e. The number of rotatable bonds is 2. The summed E-state index contributed by atoms with van der Waals surface area (Å²) in [5, 5.41) is 17.3. The van der Waals surface area contributed by atoms with E-state index in [9.17, 15) is 13.2 Å². The second kappa shape index (κ2) is 9.15. The van der Waals surface area contributed by atoms with Gasteiger partial charge in [0.1, 0.15) is 0 Å². The molecule has 0 spiro atoms. The first-order valence-electron chi connectivity index (χ1n) is 5.89. The molecule has 5 heteroatoms. The van der Waals surface area contributed by atoms with Gasteiger partial charge in [-0.05, 0) is 11.1 Å². The predicted molar refractivity (Wildman–Crippen MR) is 76.6 cm³/mol. The van der Waals surface area contributed by atoms with Gasteiger partial charge in [0.15, 0.2) is 6.10 Å². The molecule has 2 rings (SSSR count). The van der Waals surface area contributed by atoms with Crippen molar-refractivity contribution in [3.05, 3.63) is 71.8 Å². The fourth-order valence-corrected chi connectivity index (χ4v) is 1.41. The third-order valence-corrected chi connectivity index (χ3v) is 2.45. The van der Waals surface area contributed by atoms with Crippen LogP contribution in [0.1, 0.15) is 24.7 Å². The van der Waals surface area contributed by atoms with Crippen molar-refractivity contribution in [2.75, 3.05) is 0 Å². The number of benzene rings is 2. The van der Waals surface area contributed by atoms with Crippen molar-refractivity contribution in [3.8, 4) is 0 Å². The van der Waals surface area contributed by atoms with Gasteiger partial charge in [0.25, 0.3) is 0 Å². The quantitative estimate of drug-likeness (QED) is 0.876. The summed E-state index contributed by atoms with van der Waals surface area (Å²) in [5.74, 6) is 0. The fraction of sp³-hybridized carbons (Fsp3) is 0.250. The fourth-order valence-electron chi connectivity index (χ4n) is 1.41. The van der Waals surface area contributed by atoms with Crippen LogP contribution in [0.5, 0.6) is 0 Å². The van der Waals surface area contributed by atoms with E-state index < -0.39 is 12.3 Å². The molecule has 0 radical (unpaired) electrons. The van der Waals surface area contributed by atoms with Gasteiger partial charge in [-0.3, -0.25) is 0 Å². The largest absolute Gasteiger partial charge is 0.418 e. The van der Waals surface area contributed by atoms with Gasteiger partial charge in [-0.1, -0.05) is 68.1 Å². The van der Waals surface area contributed by atoms with Gasteiger partial charge in [0.05, 0.1) is 6.61 Å². The molecule has 2 aromatic rings. The van der Waals surface area contributed by atoms with E-state index in [0.29, 0.717) is 0 Å². The third-order valence-electron chi connectivity index (χ3n) is 2.45. The van der Waals surface area contributed by atoms with E-state index in [4.69, 9.17) is 10.2 Å². The smallest absolute Gasteiger partial charge is 0.392 e. The molecule has 2 N–H and O–H groups in total. The van der Waals surface area contributed by atoms with Gasteiger partial charge in [-0.25, -0.2) is 0 Å². The first kappa shape index (κ1) is 19.1. The molecule has 0 amide bonds. The summed E-state index contributed by atoms with van der Waals surface area (Å²) in [6.45, 7) is 0.140. The van der Waals surface area contributed by atoms with Crippen molar-refractivity contribution in [1.29, 1.82) is 0 Å². The van der Waals surface area contributed by atoms with Crippen LogP contribution in [-0.4, -0.2) is 16.4 Å². The number of halogens is 3. The molecule has 1 unspecified atom stereocenters. The molecule has 0 saturated carbocycles. The highest BCUT2D eigenvalue weighted by atomic mass is 19.4. The summed E-state index contributed by atoms with van der Waals surface area (Å²) in [4.78, 5) is 0. The molecule has 21 heavy (non-hydrogen) atoms. The SMILES string of the molecule is C.OC(c1ccccc1)C(F)(F)F.OCc1ccccc1. The molecule has 0 aliphatic heterocycles. The lowest BCUT2D eigenvalue weighted by molar-refractivity contribution is -0.206. The molecule has 0 aliphatic rings. The maximum absolute atomic E-state index is 11.9. The van der Waals surface area contributed by atoms with Crippen LogP contribution in [0.4, 0.5) is 13.2 Å². The monoisotopic (exact) mass is 300 g/mol. The van der Waals surface area contributed by atoms with Crippen LogP contribution in [0.15, 0.2) is 60.7 Å². The summed E-state index contributed by atoms with van der Waals surface area (Å²) in [7, 11) is 0. The van der Waals surface area contributed by atoms with Crippen LogP contribution in [0.3, 0.4) is 0 Å². The highest BCUT2D eigenvalue weighted by molar-refractivity contribution is 5.18. The van der Waals surface area contributed by atoms with Crippen molar-refractivity contribution in [2.24, 2.45) is 0 Å². The molecular formula is C16H19F3O2. The normalized spacial score (nSPS) is 11.7. The molecule has 0 bridgehead atoms. The van der Waals surface area contributed by atoms with Crippen LogP contribution >= 0.6 is 0 Å². The summed E-state index contributed by atoms with van der Waals surface area (Å²) < 4.78 is 35.7. The Bertz CT molecular complexity index is 484. The minimum Gasteiger partial charge on any atom is -0.392 e. The Hall–Kier alpha value is -1.85. The minimum atomic E-state index is -4.58. The van der Waals surface area contributed by atoms with Gasteiger partial charge < -0.3 is 10.2 Å². The zero-order valence-electron chi connectivity index (χ0n) is 10.6. The van der Waals surface area contributed by atoms with E-state index in [0.717, 1.165) is 5.56 Å². The first-order chi connectivity index (χ1) is 9.45. The Morgan fingerprint density at radius 1 is 0.857 bits per heavy atom. The topological polar surface area (TPSA) is 40.5 Å². The molecule has 2 aromatic carbocycles. The number of aliphatic hydroxyl groups excluding tert-OH is 2.